The van der Waals surface area contributed by atoms with Gasteiger partial charge in [0.05, 0.1) is 27.7 Å². The van der Waals surface area contributed by atoms with Crippen molar-refractivity contribution in [2.75, 3.05) is 0 Å². The molecule has 94 valence electrons. The van der Waals surface area contributed by atoms with Crippen LogP contribution in [0.4, 0.5) is 10.1 Å². The van der Waals surface area contributed by atoms with Crippen molar-refractivity contribution in [1.29, 1.82) is 0 Å². The van der Waals surface area contributed by atoms with Crippen molar-refractivity contribution in [3.63, 3.8) is 0 Å². The van der Waals surface area contributed by atoms with Gasteiger partial charge in [-0.3, -0.25) is 10.1 Å². The maximum atomic E-state index is 13.5. The minimum atomic E-state index is -0.468. The number of benzene rings is 2. The summed E-state index contributed by atoms with van der Waals surface area (Å²) in [6, 6.07) is 10.6. The van der Waals surface area contributed by atoms with E-state index in [1.165, 1.54) is 24.4 Å². The third kappa shape index (κ3) is 1.83. The summed E-state index contributed by atoms with van der Waals surface area (Å²) in [4.78, 5) is 10.1. The third-order valence-electron chi connectivity index (χ3n) is 2.87. The van der Waals surface area contributed by atoms with Crippen molar-refractivity contribution in [2.45, 2.75) is 0 Å². The molecule has 0 N–H and O–H groups in total. The number of non-ortho nitro benzene ring substituents is 1. The van der Waals surface area contributed by atoms with Gasteiger partial charge in [0.1, 0.15) is 5.82 Å². The molecular formula is C13H8FN3O2. The average molecular weight is 257 g/mol. The van der Waals surface area contributed by atoms with E-state index >= 15 is 0 Å². The first-order valence-corrected chi connectivity index (χ1v) is 5.54. The van der Waals surface area contributed by atoms with Crippen LogP contribution in [0, 0.1) is 15.9 Å². The van der Waals surface area contributed by atoms with Gasteiger partial charge in [0.25, 0.3) is 5.69 Å². The Labute approximate surface area is 107 Å². The first kappa shape index (κ1) is 11.3. The molecule has 0 unspecified atom stereocenters. The molecular weight excluding hydrogens is 249 g/mol. The Kier molecular flexibility index (Phi) is 2.49. The highest BCUT2D eigenvalue weighted by molar-refractivity contribution is 5.80. The first-order valence-electron chi connectivity index (χ1n) is 5.54. The van der Waals surface area contributed by atoms with Gasteiger partial charge in [0, 0.05) is 12.1 Å². The van der Waals surface area contributed by atoms with E-state index < -0.39 is 4.92 Å². The van der Waals surface area contributed by atoms with Crippen LogP contribution in [0.15, 0.2) is 48.7 Å². The summed E-state index contributed by atoms with van der Waals surface area (Å²) in [5.74, 6) is -0.342. The second-order valence-corrected chi connectivity index (χ2v) is 4.00. The maximum Gasteiger partial charge on any atom is 0.269 e. The van der Waals surface area contributed by atoms with Gasteiger partial charge in [0.2, 0.25) is 0 Å². The van der Waals surface area contributed by atoms with E-state index in [4.69, 9.17) is 0 Å². The SMILES string of the molecule is O=[N+]([O-])c1ccc(-n2ncc3c(F)cccc32)cc1. The van der Waals surface area contributed by atoms with Gasteiger partial charge in [-0.15, -0.1) is 0 Å². The molecule has 2 aromatic carbocycles. The number of hydrogen-bond acceptors (Lipinski definition) is 3. The van der Waals surface area contributed by atoms with Crippen molar-refractivity contribution >= 4 is 16.6 Å². The van der Waals surface area contributed by atoms with Gasteiger partial charge in [0.15, 0.2) is 0 Å². The van der Waals surface area contributed by atoms with Crippen LogP contribution in [0.1, 0.15) is 0 Å². The largest absolute Gasteiger partial charge is 0.269 e. The highest BCUT2D eigenvalue weighted by Gasteiger charge is 2.10. The molecule has 0 fully saturated rings. The fourth-order valence-electron chi connectivity index (χ4n) is 1.94. The van der Waals surface area contributed by atoms with E-state index in [0.717, 1.165) is 0 Å². The van der Waals surface area contributed by atoms with Gasteiger partial charge in [-0.05, 0) is 24.3 Å². The molecule has 3 rings (SSSR count). The number of nitrogens with zero attached hydrogens (tertiary/aromatic N) is 3. The summed E-state index contributed by atoms with van der Waals surface area (Å²) in [6.07, 6.45) is 1.44. The first-order chi connectivity index (χ1) is 9.16. The number of hydrogen-bond donors (Lipinski definition) is 0. The molecule has 1 heterocycles. The Morgan fingerprint density at radius 3 is 2.58 bits per heavy atom. The van der Waals surface area contributed by atoms with Crippen molar-refractivity contribution in [2.24, 2.45) is 0 Å². The quantitative estimate of drug-likeness (QED) is 0.523. The van der Waals surface area contributed by atoms with E-state index in [0.29, 0.717) is 16.6 Å². The maximum absolute atomic E-state index is 13.5. The van der Waals surface area contributed by atoms with Gasteiger partial charge < -0.3 is 0 Å². The highest BCUT2D eigenvalue weighted by Crippen LogP contribution is 2.22. The fourth-order valence-corrected chi connectivity index (χ4v) is 1.94. The monoisotopic (exact) mass is 257 g/mol. The lowest BCUT2D eigenvalue weighted by Gasteiger charge is -2.03. The Morgan fingerprint density at radius 2 is 1.89 bits per heavy atom. The number of rotatable bonds is 2. The molecule has 6 heteroatoms. The van der Waals surface area contributed by atoms with Crippen LogP contribution >= 0.6 is 0 Å². The number of fused-ring (bicyclic) bond motifs is 1. The van der Waals surface area contributed by atoms with Crippen LogP contribution in [0.3, 0.4) is 0 Å². The number of halogens is 1. The predicted octanol–water partition coefficient (Wildman–Crippen LogP) is 3.07. The molecule has 0 saturated heterocycles. The Morgan fingerprint density at radius 1 is 1.16 bits per heavy atom. The number of nitro benzene ring substituents is 1. The normalized spacial score (nSPS) is 10.8. The minimum Gasteiger partial charge on any atom is -0.258 e. The fraction of sp³-hybridized carbons (Fsp3) is 0. The Bertz CT molecular complexity index is 765. The summed E-state index contributed by atoms with van der Waals surface area (Å²) in [5.41, 5.74) is 1.27. The van der Waals surface area contributed by atoms with Crippen LogP contribution < -0.4 is 0 Å². The standard InChI is InChI=1S/C13H8FN3O2/c14-12-2-1-3-13-11(12)8-15-16(13)9-4-6-10(7-5-9)17(18)19/h1-8H. The van der Waals surface area contributed by atoms with Crippen molar-refractivity contribution < 1.29 is 9.31 Å². The van der Waals surface area contributed by atoms with Crippen LogP contribution in [-0.4, -0.2) is 14.7 Å². The minimum absolute atomic E-state index is 0.00592. The molecule has 0 amide bonds. The zero-order chi connectivity index (χ0) is 13.4. The molecule has 0 aliphatic rings. The predicted molar refractivity (Wildman–Crippen MR) is 67.7 cm³/mol. The molecule has 1 aromatic heterocycles. The summed E-state index contributed by atoms with van der Waals surface area (Å²) < 4.78 is 15.1. The summed E-state index contributed by atoms with van der Waals surface area (Å²) >= 11 is 0. The smallest absolute Gasteiger partial charge is 0.258 e. The van der Waals surface area contributed by atoms with E-state index in [1.54, 1.807) is 28.9 Å². The lowest BCUT2D eigenvalue weighted by molar-refractivity contribution is -0.384. The number of aromatic nitrogens is 2. The molecule has 0 aliphatic heterocycles. The molecule has 0 saturated carbocycles. The molecule has 0 radical (unpaired) electrons. The highest BCUT2D eigenvalue weighted by atomic mass is 19.1. The van der Waals surface area contributed by atoms with Crippen LogP contribution in [0.5, 0.6) is 0 Å². The van der Waals surface area contributed by atoms with E-state index in [1.807, 2.05) is 0 Å². The zero-order valence-corrected chi connectivity index (χ0v) is 9.65. The van der Waals surface area contributed by atoms with Gasteiger partial charge in [-0.25, -0.2) is 9.07 Å². The van der Waals surface area contributed by atoms with Crippen molar-refractivity contribution in [1.82, 2.24) is 9.78 Å². The molecule has 0 spiro atoms. The van der Waals surface area contributed by atoms with Gasteiger partial charge in [-0.1, -0.05) is 6.07 Å². The molecule has 0 aliphatic carbocycles. The zero-order valence-electron chi connectivity index (χ0n) is 9.65. The van der Waals surface area contributed by atoms with Crippen LogP contribution in [0.2, 0.25) is 0 Å². The lowest BCUT2D eigenvalue weighted by atomic mass is 10.2. The van der Waals surface area contributed by atoms with Crippen LogP contribution in [0.25, 0.3) is 16.6 Å². The molecule has 0 atom stereocenters. The molecule has 0 bridgehead atoms. The Hall–Kier alpha value is -2.76. The second kappa shape index (κ2) is 4.16. The number of nitro groups is 1. The topological polar surface area (TPSA) is 61.0 Å². The second-order valence-electron chi connectivity index (χ2n) is 4.00. The molecule has 19 heavy (non-hydrogen) atoms. The molecule has 3 aromatic rings. The van der Waals surface area contributed by atoms with E-state index in [-0.39, 0.29) is 11.5 Å². The lowest BCUT2D eigenvalue weighted by Crippen LogP contribution is -1.96. The summed E-state index contributed by atoms with van der Waals surface area (Å²) in [5, 5.41) is 15.1. The van der Waals surface area contributed by atoms with Crippen LogP contribution in [-0.2, 0) is 0 Å². The summed E-state index contributed by atoms with van der Waals surface area (Å²) in [7, 11) is 0. The van der Waals surface area contributed by atoms with Gasteiger partial charge >= 0.3 is 0 Å². The van der Waals surface area contributed by atoms with E-state index in [9.17, 15) is 14.5 Å². The average Bonchev–Trinajstić information content (AvgIpc) is 2.84. The Balaban J connectivity index is 2.14. The molecule has 5 nitrogen and oxygen atoms in total. The summed E-state index contributed by atoms with van der Waals surface area (Å²) in [6.45, 7) is 0. The third-order valence-corrected chi connectivity index (χ3v) is 2.87. The van der Waals surface area contributed by atoms with Gasteiger partial charge in [-0.2, -0.15) is 5.10 Å². The van der Waals surface area contributed by atoms with E-state index in [2.05, 4.69) is 5.10 Å². The van der Waals surface area contributed by atoms with Crippen molar-refractivity contribution in [3.05, 3.63) is 64.6 Å². The van der Waals surface area contributed by atoms with Crippen molar-refractivity contribution in [3.8, 4) is 5.69 Å².